The van der Waals surface area contributed by atoms with Crippen molar-refractivity contribution in [1.29, 1.82) is 0 Å². The van der Waals surface area contributed by atoms with Gasteiger partial charge in [0, 0.05) is 6.04 Å². The largest absolute Gasteiger partial charge is 0.496 e. The van der Waals surface area contributed by atoms with Gasteiger partial charge in [0.05, 0.1) is 7.11 Å². The Kier molecular flexibility index (Phi) is 5.42. The van der Waals surface area contributed by atoms with Gasteiger partial charge in [-0.1, -0.05) is 33.8 Å². The van der Waals surface area contributed by atoms with Gasteiger partial charge in [0.1, 0.15) is 5.75 Å². The van der Waals surface area contributed by atoms with Crippen LogP contribution in [-0.2, 0) is 5.41 Å². The molecule has 0 saturated heterocycles. The Morgan fingerprint density at radius 2 is 1.79 bits per heavy atom. The third kappa shape index (κ3) is 4.24. The summed E-state index contributed by atoms with van der Waals surface area (Å²) in [5, 5.41) is 3.50. The van der Waals surface area contributed by atoms with Crippen molar-refractivity contribution in [3.63, 3.8) is 0 Å². The van der Waals surface area contributed by atoms with Gasteiger partial charge in [-0.25, -0.2) is 0 Å². The summed E-state index contributed by atoms with van der Waals surface area (Å²) in [6, 6.07) is 4.99. The molecule has 0 aliphatic rings. The van der Waals surface area contributed by atoms with E-state index in [0.29, 0.717) is 6.04 Å². The molecule has 1 aromatic carbocycles. The topological polar surface area (TPSA) is 21.3 Å². The quantitative estimate of drug-likeness (QED) is 0.838. The van der Waals surface area contributed by atoms with Crippen LogP contribution in [0.4, 0.5) is 0 Å². The van der Waals surface area contributed by atoms with Gasteiger partial charge >= 0.3 is 0 Å². The molecule has 0 atom stereocenters. The molecule has 1 rings (SSSR count). The van der Waals surface area contributed by atoms with Gasteiger partial charge in [0.2, 0.25) is 0 Å². The first-order valence-electron chi connectivity index (χ1n) is 7.17. The monoisotopic (exact) mass is 263 g/mol. The maximum Gasteiger partial charge on any atom is 0.122 e. The number of nitrogens with one attached hydrogen (secondary N) is 1. The van der Waals surface area contributed by atoms with Gasteiger partial charge in [0.15, 0.2) is 0 Å². The molecule has 2 heteroatoms. The molecule has 0 unspecified atom stereocenters. The molecule has 0 bridgehead atoms. The van der Waals surface area contributed by atoms with Crippen molar-refractivity contribution in [3.8, 4) is 5.75 Å². The number of hydrogen-bond acceptors (Lipinski definition) is 2. The van der Waals surface area contributed by atoms with Gasteiger partial charge in [-0.2, -0.15) is 0 Å². The van der Waals surface area contributed by atoms with Crippen molar-refractivity contribution in [2.24, 2.45) is 0 Å². The third-order valence-electron chi connectivity index (χ3n) is 3.77. The van der Waals surface area contributed by atoms with Gasteiger partial charge in [-0.05, 0) is 55.0 Å². The molecule has 0 aliphatic heterocycles. The average molecular weight is 263 g/mol. The lowest BCUT2D eigenvalue weighted by molar-refractivity contribution is 0.408. The predicted molar refractivity (Wildman–Crippen MR) is 83.2 cm³/mol. The van der Waals surface area contributed by atoms with Crippen molar-refractivity contribution in [1.82, 2.24) is 5.32 Å². The maximum atomic E-state index is 5.39. The molecular weight excluding hydrogens is 234 g/mol. The highest BCUT2D eigenvalue weighted by Crippen LogP contribution is 2.33. The van der Waals surface area contributed by atoms with E-state index in [1.54, 1.807) is 7.11 Å². The van der Waals surface area contributed by atoms with Crippen molar-refractivity contribution >= 4 is 0 Å². The first-order valence-corrected chi connectivity index (χ1v) is 7.17. The van der Waals surface area contributed by atoms with E-state index >= 15 is 0 Å². The molecule has 0 heterocycles. The fraction of sp³-hybridized carbons (Fsp3) is 0.647. The smallest absolute Gasteiger partial charge is 0.122 e. The lowest BCUT2D eigenvalue weighted by Crippen LogP contribution is -2.30. The van der Waals surface area contributed by atoms with Crippen LogP contribution in [-0.4, -0.2) is 19.7 Å². The molecule has 0 saturated carbocycles. The highest BCUT2D eigenvalue weighted by molar-refractivity contribution is 5.44. The first kappa shape index (κ1) is 16.0. The van der Waals surface area contributed by atoms with Gasteiger partial charge in [-0.15, -0.1) is 0 Å². The normalized spacial score (nSPS) is 12.0. The van der Waals surface area contributed by atoms with Crippen molar-refractivity contribution in [2.45, 2.75) is 59.4 Å². The van der Waals surface area contributed by atoms with Gasteiger partial charge < -0.3 is 10.1 Å². The second-order valence-electron chi connectivity index (χ2n) is 6.38. The van der Waals surface area contributed by atoms with Crippen molar-refractivity contribution < 1.29 is 4.74 Å². The lowest BCUT2D eigenvalue weighted by atomic mass is 9.78. The SMILES string of the molecule is COc1cc(C)c(C(C)(C)CCNC(C)C)cc1C. The molecule has 0 aliphatic carbocycles. The summed E-state index contributed by atoms with van der Waals surface area (Å²) >= 11 is 0. The minimum Gasteiger partial charge on any atom is -0.496 e. The number of methoxy groups -OCH3 is 1. The summed E-state index contributed by atoms with van der Waals surface area (Å²) in [6.07, 6.45) is 1.14. The Hall–Kier alpha value is -1.02. The highest BCUT2D eigenvalue weighted by atomic mass is 16.5. The Morgan fingerprint density at radius 3 is 2.32 bits per heavy atom. The number of aryl methyl sites for hydroxylation is 2. The summed E-state index contributed by atoms with van der Waals surface area (Å²) in [5.41, 5.74) is 4.14. The zero-order chi connectivity index (χ0) is 14.6. The molecule has 0 fully saturated rings. The van der Waals surface area contributed by atoms with Crippen LogP contribution in [0, 0.1) is 13.8 Å². The summed E-state index contributed by atoms with van der Waals surface area (Å²) in [6.45, 7) is 14.4. The second kappa shape index (κ2) is 6.42. The van der Waals surface area contributed by atoms with Crippen molar-refractivity contribution in [3.05, 3.63) is 28.8 Å². The van der Waals surface area contributed by atoms with Crippen LogP contribution in [0.25, 0.3) is 0 Å². The van der Waals surface area contributed by atoms with E-state index in [1.807, 2.05) is 0 Å². The summed E-state index contributed by atoms with van der Waals surface area (Å²) in [4.78, 5) is 0. The molecule has 1 N–H and O–H groups in total. The van der Waals surface area contributed by atoms with Crippen LogP contribution in [0.5, 0.6) is 5.75 Å². The Morgan fingerprint density at radius 1 is 1.16 bits per heavy atom. The van der Waals surface area contributed by atoms with E-state index in [-0.39, 0.29) is 5.41 Å². The van der Waals surface area contributed by atoms with Crippen LogP contribution < -0.4 is 10.1 Å². The molecule has 2 nitrogen and oxygen atoms in total. The number of ether oxygens (including phenoxy) is 1. The fourth-order valence-corrected chi connectivity index (χ4v) is 2.55. The highest BCUT2D eigenvalue weighted by Gasteiger charge is 2.23. The van der Waals surface area contributed by atoms with E-state index in [9.17, 15) is 0 Å². The average Bonchev–Trinajstić information content (AvgIpc) is 2.30. The van der Waals surface area contributed by atoms with Gasteiger partial charge in [0.25, 0.3) is 0 Å². The minimum absolute atomic E-state index is 0.184. The summed E-state index contributed by atoms with van der Waals surface area (Å²) in [7, 11) is 1.74. The van der Waals surface area contributed by atoms with Gasteiger partial charge in [-0.3, -0.25) is 0 Å². The molecule has 19 heavy (non-hydrogen) atoms. The third-order valence-corrected chi connectivity index (χ3v) is 3.77. The van der Waals surface area contributed by atoms with Crippen LogP contribution in [0.2, 0.25) is 0 Å². The molecule has 0 aromatic heterocycles. The minimum atomic E-state index is 0.184. The van der Waals surface area contributed by atoms with E-state index in [0.717, 1.165) is 18.7 Å². The Labute approximate surface area is 118 Å². The zero-order valence-corrected chi connectivity index (χ0v) is 13.6. The van der Waals surface area contributed by atoms with Crippen molar-refractivity contribution in [2.75, 3.05) is 13.7 Å². The summed E-state index contributed by atoms with van der Waals surface area (Å²) < 4.78 is 5.39. The van der Waals surface area contributed by atoms with E-state index < -0.39 is 0 Å². The van der Waals surface area contributed by atoms with Crippen LogP contribution in [0.1, 0.15) is 50.8 Å². The zero-order valence-electron chi connectivity index (χ0n) is 13.6. The Bertz CT molecular complexity index is 422. The second-order valence-corrected chi connectivity index (χ2v) is 6.38. The molecule has 0 radical (unpaired) electrons. The predicted octanol–water partition coefficient (Wildman–Crippen LogP) is 3.98. The molecule has 0 spiro atoms. The van der Waals surface area contributed by atoms with Crippen LogP contribution in [0.15, 0.2) is 12.1 Å². The standard InChI is InChI=1S/C17H29NO/c1-12(2)18-9-8-17(5,6)15-10-14(4)16(19-7)11-13(15)3/h10-12,18H,8-9H2,1-7H3. The number of hydrogen-bond donors (Lipinski definition) is 1. The summed E-state index contributed by atoms with van der Waals surface area (Å²) in [5.74, 6) is 0.984. The molecule has 0 amide bonds. The van der Waals surface area contributed by atoms with E-state index in [2.05, 4.69) is 59.0 Å². The fourth-order valence-electron chi connectivity index (χ4n) is 2.55. The van der Waals surface area contributed by atoms with Crippen LogP contribution >= 0.6 is 0 Å². The van der Waals surface area contributed by atoms with E-state index in [4.69, 9.17) is 4.74 Å². The molecule has 1 aromatic rings. The molecular formula is C17H29NO. The lowest BCUT2D eigenvalue weighted by Gasteiger charge is -2.29. The number of benzene rings is 1. The molecule has 108 valence electrons. The maximum absolute atomic E-state index is 5.39. The number of rotatable bonds is 6. The van der Waals surface area contributed by atoms with Crippen LogP contribution in [0.3, 0.4) is 0 Å². The Balaban J connectivity index is 2.91. The first-order chi connectivity index (χ1) is 8.77. The van der Waals surface area contributed by atoms with E-state index in [1.165, 1.54) is 16.7 Å².